The molecule has 0 radical (unpaired) electrons. The fourth-order valence-electron chi connectivity index (χ4n) is 2.29. The standard InChI is InChI=1S/C19H20F5N5O2S/c1-4-14(31-10-18(20,21)19(22,23)24)7-6-13(3)17-15(32(25,30)5-2)8-9-16(28-17)29-12-26-11-27-29/h4,6-9,11-12,25H,3,5,10H2,1-2H3/b7-6-,14-4+. The smallest absolute Gasteiger partial charge is 0.456 e. The second-order valence-corrected chi connectivity index (χ2v) is 8.73. The van der Waals surface area contributed by atoms with Gasteiger partial charge in [0.2, 0.25) is 0 Å². The predicted octanol–water partition coefficient (Wildman–Crippen LogP) is 4.78. The number of nitrogens with zero attached hydrogens (tertiary/aromatic N) is 4. The molecular formula is C19H20F5N5O2S. The van der Waals surface area contributed by atoms with Crippen LogP contribution in [0.2, 0.25) is 0 Å². The summed E-state index contributed by atoms with van der Waals surface area (Å²) in [5.74, 6) is -5.01. The summed E-state index contributed by atoms with van der Waals surface area (Å²) in [6.45, 7) is 4.85. The van der Waals surface area contributed by atoms with Crippen LogP contribution < -0.4 is 0 Å². The fraction of sp³-hybridized carbons (Fsp3) is 0.316. The van der Waals surface area contributed by atoms with Gasteiger partial charge in [0, 0.05) is 5.75 Å². The molecule has 1 atom stereocenters. The van der Waals surface area contributed by atoms with Crippen molar-refractivity contribution in [1.82, 2.24) is 19.7 Å². The Balaban J connectivity index is 2.34. The average molecular weight is 477 g/mol. The number of hydrogen-bond donors (Lipinski definition) is 1. The summed E-state index contributed by atoms with van der Waals surface area (Å²) < 4.78 is 89.9. The summed E-state index contributed by atoms with van der Waals surface area (Å²) in [4.78, 5) is 8.23. The minimum atomic E-state index is -5.74. The lowest BCUT2D eigenvalue weighted by Gasteiger charge is -2.20. The Morgan fingerprint density at radius 2 is 1.97 bits per heavy atom. The molecule has 0 aromatic carbocycles. The Morgan fingerprint density at radius 1 is 1.28 bits per heavy atom. The van der Waals surface area contributed by atoms with Crippen molar-refractivity contribution in [2.75, 3.05) is 12.4 Å². The Kier molecular flexibility index (Phi) is 7.54. The molecule has 2 aromatic rings. The molecule has 0 saturated carbocycles. The van der Waals surface area contributed by atoms with Crippen LogP contribution in [-0.2, 0) is 14.5 Å². The first-order valence-corrected chi connectivity index (χ1v) is 10.8. The van der Waals surface area contributed by atoms with Crippen LogP contribution in [0.1, 0.15) is 19.5 Å². The molecule has 174 valence electrons. The highest BCUT2D eigenvalue weighted by Crippen LogP contribution is 2.36. The number of pyridine rings is 1. The summed E-state index contributed by atoms with van der Waals surface area (Å²) in [7, 11) is -3.22. The van der Waals surface area contributed by atoms with Gasteiger partial charge in [-0.3, -0.25) is 0 Å². The van der Waals surface area contributed by atoms with E-state index in [0.29, 0.717) is 0 Å². The molecule has 0 aliphatic carbocycles. The maximum Gasteiger partial charge on any atom is 0.456 e. The zero-order chi connectivity index (χ0) is 24.2. The van der Waals surface area contributed by atoms with Crippen molar-refractivity contribution in [1.29, 1.82) is 4.78 Å². The summed E-state index contributed by atoms with van der Waals surface area (Å²) in [6.07, 6.45) is 0.471. The van der Waals surface area contributed by atoms with Gasteiger partial charge in [-0.05, 0) is 42.9 Å². The highest BCUT2D eigenvalue weighted by atomic mass is 32.2. The van der Waals surface area contributed by atoms with Gasteiger partial charge in [0.25, 0.3) is 0 Å². The summed E-state index contributed by atoms with van der Waals surface area (Å²) >= 11 is 0. The van der Waals surface area contributed by atoms with Gasteiger partial charge >= 0.3 is 12.1 Å². The summed E-state index contributed by atoms with van der Waals surface area (Å²) in [5, 5.41) is 3.94. The highest BCUT2D eigenvalue weighted by molar-refractivity contribution is 7.92. The molecule has 32 heavy (non-hydrogen) atoms. The molecule has 2 aromatic heterocycles. The molecule has 0 fully saturated rings. The second-order valence-electron chi connectivity index (χ2n) is 6.36. The van der Waals surface area contributed by atoms with Gasteiger partial charge in [0.15, 0.2) is 12.4 Å². The van der Waals surface area contributed by atoms with E-state index in [4.69, 9.17) is 4.78 Å². The van der Waals surface area contributed by atoms with E-state index in [0.717, 1.165) is 6.08 Å². The Labute approximate surface area is 181 Å². The summed E-state index contributed by atoms with van der Waals surface area (Å²) in [6, 6.07) is 2.93. The number of alkyl halides is 5. The minimum Gasteiger partial charge on any atom is -0.487 e. The molecule has 0 aliphatic rings. The normalized spacial score (nSPS) is 15.0. The number of hydrogen-bond acceptors (Lipinski definition) is 6. The van der Waals surface area contributed by atoms with E-state index in [2.05, 4.69) is 26.4 Å². The SMILES string of the molecule is C=C(/C=C\C(=C/C)OCC(F)(F)C(F)(F)F)c1nc(-n2cncn2)ccc1S(=N)(=O)CC. The fourth-order valence-corrected chi connectivity index (χ4v) is 3.37. The van der Waals surface area contributed by atoms with Crippen molar-refractivity contribution in [3.05, 3.63) is 61.0 Å². The minimum absolute atomic E-state index is 0.00288. The van der Waals surface area contributed by atoms with Crippen LogP contribution in [0.4, 0.5) is 22.0 Å². The molecule has 2 heterocycles. The van der Waals surface area contributed by atoms with Crippen molar-refractivity contribution in [2.24, 2.45) is 0 Å². The van der Waals surface area contributed by atoms with Crippen molar-refractivity contribution >= 4 is 15.3 Å². The molecular weight excluding hydrogens is 457 g/mol. The van der Waals surface area contributed by atoms with Gasteiger partial charge in [-0.15, -0.1) is 0 Å². The molecule has 1 N–H and O–H groups in total. The quantitative estimate of drug-likeness (QED) is 0.319. The highest BCUT2D eigenvalue weighted by Gasteiger charge is 2.58. The molecule has 0 aliphatic heterocycles. The van der Waals surface area contributed by atoms with Crippen LogP contribution in [0, 0.1) is 4.78 Å². The molecule has 2 rings (SSSR count). The zero-order valence-electron chi connectivity index (χ0n) is 17.1. The molecule has 0 amide bonds. The number of rotatable bonds is 9. The molecule has 0 bridgehead atoms. The third kappa shape index (κ3) is 5.78. The van der Waals surface area contributed by atoms with E-state index >= 15 is 0 Å². The monoisotopic (exact) mass is 477 g/mol. The van der Waals surface area contributed by atoms with E-state index < -0.39 is 28.4 Å². The van der Waals surface area contributed by atoms with Gasteiger partial charge in [0.1, 0.15) is 18.4 Å². The van der Waals surface area contributed by atoms with Crippen molar-refractivity contribution in [2.45, 2.75) is 30.8 Å². The zero-order valence-corrected chi connectivity index (χ0v) is 17.9. The first-order chi connectivity index (χ1) is 14.8. The lowest BCUT2D eigenvalue weighted by atomic mass is 10.1. The van der Waals surface area contributed by atoms with E-state index in [1.165, 1.54) is 48.5 Å². The average Bonchev–Trinajstić information content (AvgIpc) is 3.27. The van der Waals surface area contributed by atoms with Crippen LogP contribution in [0.5, 0.6) is 0 Å². The lowest BCUT2D eigenvalue weighted by Crippen LogP contribution is -2.40. The first kappa shape index (κ1) is 25.2. The van der Waals surface area contributed by atoms with Crippen LogP contribution in [-0.4, -0.2) is 48.4 Å². The third-order valence-electron chi connectivity index (χ3n) is 4.13. The first-order valence-electron chi connectivity index (χ1n) is 9.06. The van der Waals surface area contributed by atoms with E-state index in [1.807, 2.05) is 0 Å². The maximum absolute atomic E-state index is 13.1. The number of nitrogens with one attached hydrogen (secondary N) is 1. The number of aromatic nitrogens is 4. The number of allylic oxidation sites excluding steroid dienone is 4. The van der Waals surface area contributed by atoms with Gasteiger partial charge < -0.3 is 4.74 Å². The van der Waals surface area contributed by atoms with Crippen LogP contribution in [0.3, 0.4) is 0 Å². The number of halogens is 5. The van der Waals surface area contributed by atoms with Crippen molar-refractivity contribution in [3.63, 3.8) is 0 Å². The summed E-state index contributed by atoms with van der Waals surface area (Å²) in [5.41, 5.74) is 0.202. The third-order valence-corrected chi connectivity index (χ3v) is 5.98. The topological polar surface area (TPSA) is 93.8 Å². The van der Waals surface area contributed by atoms with E-state index in [9.17, 15) is 26.2 Å². The van der Waals surface area contributed by atoms with Crippen LogP contribution >= 0.6 is 0 Å². The Bertz CT molecular complexity index is 1120. The molecule has 7 nitrogen and oxygen atoms in total. The van der Waals surface area contributed by atoms with Crippen molar-refractivity contribution in [3.8, 4) is 5.82 Å². The van der Waals surface area contributed by atoms with Crippen LogP contribution in [0.25, 0.3) is 11.4 Å². The van der Waals surface area contributed by atoms with E-state index in [1.54, 1.807) is 6.92 Å². The molecule has 0 spiro atoms. The Hall–Kier alpha value is -3.09. The van der Waals surface area contributed by atoms with Crippen molar-refractivity contribution < 1.29 is 30.9 Å². The second kappa shape index (κ2) is 9.59. The van der Waals surface area contributed by atoms with Gasteiger partial charge in [0.05, 0.1) is 20.3 Å². The molecule has 0 saturated heterocycles. The van der Waals surface area contributed by atoms with Gasteiger partial charge in [-0.2, -0.15) is 27.1 Å². The van der Waals surface area contributed by atoms with Gasteiger partial charge in [-0.1, -0.05) is 13.5 Å². The maximum atomic E-state index is 13.1. The molecule has 13 heteroatoms. The van der Waals surface area contributed by atoms with E-state index in [-0.39, 0.29) is 33.5 Å². The number of ether oxygens (including phenoxy) is 1. The largest absolute Gasteiger partial charge is 0.487 e. The van der Waals surface area contributed by atoms with Crippen LogP contribution in [0.15, 0.2) is 60.2 Å². The molecule has 1 unspecified atom stereocenters. The lowest BCUT2D eigenvalue weighted by molar-refractivity contribution is -0.293. The van der Waals surface area contributed by atoms with Gasteiger partial charge in [-0.25, -0.2) is 23.6 Å². The predicted molar refractivity (Wildman–Crippen MR) is 108 cm³/mol. The Morgan fingerprint density at radius 3 is 2.50 bits per heavy atom.